The number of hydrogen-bond donors (Lipinski definition) is 0. The summed E-state index contributed by atoms with van der Waals surface area (Å²) in [5, 5.41) is 0.645. The lowest BCUT2D eigenvalue weighted by molar-refractivity contribution is -0.135. The number of benzene rings is 1. The van der Waals surface area contributed by atoms with Crippen LogP contribution in [0.2, 0.25) is 10.0 Å². The van der Waals surface area contributed by atoms with Crippen molar-refractivity contribution in [2.24, 2.45) is 5.92 Å². The summed E-state index contributed by atoms with van der Waals surface area (Å²) in [5.74, 6) is -0.170. The zero-order valence-electron chi connectivity index (χ0n) is 11.8. The minimum Gasteiger partial charge on any atom is -0.452 e. The van der Waals surface area contributed by atoms with Crippen molar-refractivity contribution in [3.63, 3.8) is 0 Å². The van der Waals surface area contributed by atoms with E-state index in [1.54, 1.807) is 11.0 Å². The molecule has 6 heteroatoms. The molecule has 1 saturated heterocycles. The predicted molar refractivity (Wildman–Crippen MR) is 81.7 cm³/mol. The summed E-state index contributed by atoms with van der Waals surface area (Å²) in [6.07, 6.45) is 1.97. The van der Waals surface area contributed by atoms with Crippen LogP contribution >= 0.6 is 23.2 Å². The Balaban J connectivity index is 1.89. The van der Waals surface area contributed by atoms with Crippen LogP contribution in [-0.2, 0) is 9.53 Å². The summed E-state index contributed by atoms with van der Waals surface area (Å²) < 4.78 is 5.03. The van der Waals surface area contributed by atoms with Crippen molar-refractivity contribution in [3.8, 4) is 0 Å². The van der Waals surface area contributed by atoms with Gasteiger partial charge in [-0.05, 0) is 37.0 Å². The molecule has 0 N–H and O–H groups in total. The Morgan fingerprint density at radius 2 is 1.95 bits per heavy atom. The van der Waals surface area contributed by atoms with Crippen molar-refractivity contribution in [3.05, 3.63) is 33.8 Å². The van der Waals surface area contributed by atoms with Crippen molar-refractivity contribution < 1.29 is 14.3 Å². The van der Waals surface area contributed by atoms with E-state index in [1.165, 1.54) is 12.1 Å². The summed E-state index contributed by atoms with van der Waals surface area (Å²) in [6.45, 7) is 3.34. The molecule has 1 aliphatic heterocycles. The molecule has 0 atom stereocenters. The molecule has 0 radical (unpaired) electrons. The number of halogens is 2. The molecule has 0 bridgehead atoms. The minimum absolute atomic E-state index is 0.171. The Hall–Kier alpha value is -1.26. The zero-order chi connectivity index (χ0) is 15.4. The fourth-order valence-electron chi connectivity index (χ4n) is 2.21. The number of piperidine rings is 1. The van der Waals surface area contributed by atoms with E-state index in [0.717, 1.165) is 25.9 Å². The van der Waals surface area contributed by atoms with Crippen LogP contribution in [0.15, 0.2) is 18.2 Å². The first-order valence-corrected chi connectivity index (χ1v) is 7.63. The first kappa shape index (κ1) is 16.1. The number of amides is 1. The second-order valence-corrected chi connectivity index (χ2v) is 6.11. The summed E-state index contributed by atoms with van der Waals surface area (Å²) in [6, 6.07) is 4.54. The molecule has 1 heterocycles. The molecule has 1 amide bonds. The molecular weight excluding hydrogens is 313 g/mol. The average molecular weight is 330 g/mol. The molecule has 1 fully saturated rings. The quantitative estimate of drug-likeness (QED) is 0.798. The summed E-state index contributed by atoms with van der Waals surface area (Å²) in [5.41, 5.74) is 0.171. The predicted octanol–water partition coefficient (Wildman–Crippen LogP) is 3.41. The highest BCUT2D eigenvalue weighted by atomic mass is 35.5. The highest BCUT2D eigenvalue weighted by Crippen LogP contribution is 2.21. The SMILES string of the molecule is CC1CCN(C(=O)COC(=O)c2cc(Cl)ccc2Cl)CC1. The van der Waals surface area contributed by atoms with Crippen LogP contribution in [0.5, 0.6) is 0 Å². The third-order valence-corrected chi connectivity index (χ3v) is 4.18. The van der Waals surface area contributed by atoms with Gasteiger partial charge in [0, 0.05) is 18.1 Å². The number of hydrogen-bond acceptors (Lipinski definition) is 3. The van der Waals surface area contributed by atoms with Crippen molar-refractivity contribution in [1.29, 1.82) is 0 Å². The van der Waals surface area contributed by atoms with Crippen molar-refractivity contribution in [1.82, 2.24) is 4.90 Å². The van der Waals surface area contributed by atoms with Gasteiger partial charge in [-0.15, -0.1) is 0 Å². The standard InChI is InChI=1S/C15H17Cl2NO3/c1-10-4-6-18(7-5-10)14(19)9-21-15(20)12-8-11(16)2-3-13(12)17/h2-3,8,10H,4-7,9H2,1H3. The Bertz CT molecular complexity index is 540. The fraction of sp³-hybridized carbons (Fsp3) is 0.467. The Morgan fingerprint density at radius 3 is 2.62 bits per heavy atom. The van der Waals surface area contributed by atoms with E-state index in [4.69, 9.17) is 27.9 Å². The third kappa shape index (κ3) is 4.35. The molecule has 0 aromatic heterocycles. The van der Waals surface area contributed by atoms with Gasteiger partial charge in [0.1, 0.15) is 0 Å². The molecule has 4 nitrogen and oxygen atoms in total. The highest BCUT2D eigenvalue weighted by molar-refractivity contribution is 6.35. The van der Waals surface area contributed by atoms with Gasteiger partial charge in [-0.1, -0.05) is 30.1 Å². The number of ether oxygens (including phenoxy) is 1. The van der Waals surface area contributed by atoms with E-state index in [0.29, 0.717) is 10.9 Å². The summed E-state index contributed by atoms with van der Waals surface area (Å²) in [7, 11) is 0. The largest absolute Gasteiger partial charge is 0.452 e. The molecule has 0 spiro atoms. The van der Waals surface area contributed by atoms with Gasteiger partial charge in [0.15, 0.2) is 6.61 Å². The maximum Gasteiger partial charge on any atom is 0.340 e. The molecule has 21 heavy (non-hydrogen) atoms. The second kappa shape index (κ2) is 7.14. The molecular formula is C15H17Cl2NO3. The maximum atomic E-state index is 12.0. The lowest BCUT2D eigenvalue weighted by atomic mass is 9.99. The van der Waals surface area contributed by atoms with E-state index in [1.807, 2.05) is 0 Å². The van der Waals surface area contributed by atoms with E-state index < -0.39 is 5.97 Å². The van der Waals surface area contributed by atoms with E-state index in [9.17, 15) is 9.59 Å². The Labute approximate surface area is 134 Å². The molecule has 1 aromatic rings. The van der Waals surface area contributed by atoms with E-state index in [2.05, 4.69) is 6.92 Å². The smallest absolute Gasteiger partial charge is 0.340 e. The van der Waals surface area contributed by atoms with E-state index >= 15 is 0 Å². The van der Waals surface area contributed by atoms with Crippen LogP contribution in [0.4, 0.5) is 0 Å². The molecule has 1 aromatic carbocycles. The van der Waals surface area contributed by atoms with Crippen LogP contribution in [0.25, 0.3) is 0 Å². The summed E-state index contributed by atoms with van der Waals surface area (Å²) >= 11 is 11.7. The van der Waals surface area contributed by atoms with Gasteiger partial charge < -0.3 is 9.64 Å². The highest BCUT2D eigenvalue weighted by Gasteiger charge is 2.22. The van der Waals surface area contributed by atoms with E-state index in [-0.39, 0.29) is 23.1 Å². The summed E-state index contributed by atoms with van der Waals surface area (Å²) in [4.78, 5) is 25.6. The fourth-order valence-corrected chi connectivity index (χ4v) is 2.58. The van der Waals surface area contributed by atoms with Crippen LogP contribution < -0.4 is 0 Å². The van der Waals surface area contributed by atoms with Crippen molar-refractivity contribution in [2.45, 2.75) is 19.8 Å². The van der Waals surface area contributed by atoms with Gasteiger partial charge in [-0.3, -0.25) is 4.79 Å². The molecule has 2 rings (SSSR count). The normalized spacial score (nSPS) is 15.9. The number of rotatable bonds is 3. The average Bonchev–Trinajstić information content (AvgIpc) is 2.47. The zero-order valence-corrected chi connectivity index (χ0v) is 13.3. The van der Waals surface area contributed by atoms with Crippen LogP contribution in [0, 0.1) is 5.92 Å². The number of nitrogens with zero attached hydrogens (tertiary/aromatic N) is 1. The minimum atomic E-state index is -0.638. The lowest BCUT2D eigenvalue weighted by Crippen LogP contribution is -2.40. The van der Waals surface area contributed by atoms with Gasteiger partial charge in [0.25, 0.3) is 5.91 Å². The Kier molecular flexibility index (Phi) is 5.48. The Morgan fingerprint density at radius 1 is 1.29 bits per heavy atom. The van der Waals surface area contributed by atoms with Gasteiger partial charge >= 0.3 is 5.97 Å². The molecule has 0 unspecified atom stereocenters. The molecule has 0 aliphatic carbocycles. The van der Waals surface area contributed by atoms with Crippen LogP contribution in [0.3, 0.4) is 0 Å². The first-order chi connectivity index (χ1) is 9.97. The van der Waals surface area contributed by atoms with Gasteiger partial charge in [-0.2, -0.15) is 0 Å². The topological polar surface area (TPSA) is 46.6 Å². The number of likely N-dealkylation sites (tertiary alicyclic amines) is 1. The molecule has 0 saturated carbocycles. The first-order valence-electron chi connectivity index (χ1n) is 6.87. The van der Waals surface area contributed by atoms with Crippen molar-refractivity contribution >= 4 is 35.1 Å². The number of carbonyl (C=O) groups is 2. The van der Waals surface area contributed by atoms with Crippen LogP contribution in [0.1, 0.15) is 30.1 Å². The monoisotopic (exact) mass is 329 g/mol. The number of carbonyl (C=O) groups excluding carboxylic acids is 2. The maximum absolute atomic E-state index is 12.0. The van der Waals surface area contributed by atoms with Gasteiger partial charge in [0.2, 0.25) is 0 Å². The van der Waals surface area contributed by atoms with Crippen LogP contribution in [-0.4, -0.2) is 36.5 Å². The van der Waals surface area contributed by atoms with Crippen molar-refractivity contribution in [2.75, 3.05) is 19.7 Å². The molecule has 1 aliphatic rings. The second-order valence-electron chi connectivity index (χ2n) is 5.26. The molecule has 114 valence electrons. The third-order valence-electron chi connectivity index (χ3n) is 3.61. The van der Waals surface area contributed by atoms with Gasteiger partial charge in [-0.25, -0.2) is 4.79 Å². The van der Waals surface area contributed by atoms with Gasteiger partial charge in [0.05, 0.1) is 10.6 Å². The number of esters is 1. The lowest BCUT2D eigenvalue weighted by Gasteiger charge is -2.30.